The molecule has 14 atom stereocenters. The van der Waals surface area contributed by atoms with Crippen LogP contribution in [0.4, 0.5) is 0 Å². The monoisotopic (exact) mass is 2290 g/mol. The van der Waals surface area contributed by atoms with E-state index in [9.17, 15) is 0 Å². The second-order valence-electron chi connectivity index (χ2n) is 47.6. The molecule has 0 bridgehead atoms. The van der Waals surface area contributed by atoms with Crippen molar-refractivity contribution in [3.8, 4) is 0 Å². The summed E-state index contributed by atoms with van der Waals surface area (Å²) in [5.74, 6) is 33.1. The average molecular weight is 2290 g/mol. The molecule has 0 amide bonds. The molecule has 0 radical (unpaired) electrons. The number of benzene rings is 1. The first-order valence-corrected chi connectivity index (χ1v) is 52.2. The molecule has 15 aliphatic rings. The summed E-state index contributed by atoms with van der Waals surface area (Å²) in [4.78, 5) is 0. The molecule has 5 heteroatoms. The van der Waals surface area contributed by atoms with Crippen LogP contribution in [0.1, 0.15) is 353 Å². The molecule has 12 fully saturated rings. The first kappa shape index (κ1) is 156. The van der Waals surface area contributed by atoms with Crippen LogP contribution in [0.3, 0.4) is 0 Å². The van der Waals surface area contributed by atoms with Gasteiger partial charge in [0, 0.05) is 8.07 Å². The first-order valence-electron chi connectivity index (χ1n) is 48.5. The SMILES string of the molecule is CC(C)(C)CC1CCC2CC3CCCC3CC21.CC(C)CC1CCC2C=C3CCCC3=CC21.CC1C(C)C(C)C(C)C1C.CC1C(C)C(C)C(C)C1C.CC1C(C)C(C)C(C)C1C.CC1C(C)C(C)C(C)C1C.CC1CCC2C=C3C(=CC12)C(C)(C)CCC3(C)C.C[Si](C)(C)CC1CCC2C=Cc3ccccc3C21.[CH3-].[CH3-].[CH3-].[CH3-].[CH3-].[CH3-].[CH3-].[CH3-].[CH3-].[CH3-].[CH3-].[CH3-].[CH3-].[CH3-].[CH3-].[CH3-].[Hf+4].[Hf+4].[Zr+4].[Zr+4]. The molecule has 0 aliphatic heterocycles. The molecule has 750 valence electrons. The fourth-order valence-electron chi connectivity index (χ4n) is 27.6. The fourth-order valence-corrected chi connectivity index (χ4v) is 29.6. The Morgan fingerprint density at radius 2 is 0.705 bits per heavy atom. The molecule has 16 rings (SSSR count). The summed E-state index contributed by atoms with van der Waals surface area (Å²) < 4.78 is 0. The van der Waals surface area contributed by atoms with Crippen molar-refractivity contribution in [3.63, 3.8) is 0 Å². The van der Waals surface area contributed by atoms with Gasteiger partial charge in [0.2, 0.25) is 0 Å². The van der Waals surface area contributed by atoms with Crippen molar-refractivity contribution in [1.82, 2.24) is 0 Å². The number of hydrogen-bond donors (Lipinski definition) is 0. The summed E-state index contributed by atoms with van der Waals surface area (Å²) in [5, 5.41) is 0. The number of fused-ring (bicyclic) bond motifs is 9. The van der Waals surface area contributed by atoms with Gasteiger partial charge in [0.25, 0.3) is 0 Å². The van der Waals surface area contributed by atoms with Crippen LogP contribution >= 0.6 is 0 Å². The van der Waals surface area contributed by atoms with E-state index >= 15 is 0 Å². The van der Waals surface area contributed by atoms with E-state index in [0.717, 1.165) is 207 Å². The summed E-state index contributed by atoms with van der Waals surface area (Å²) in [6.07, 6.45) is 44.9. The van der Waals surface area contributed by atoms with Gasteiger partial charge in [0.05, 0.1) is 0 Å². The van der Waals surface area contributed by atoms with Gasteiger partial charge in [-0.1, -0.05) is 313 Å². The molecule has 0 heterocycles. The molecule has 0 spiro atoms. The fraction of sp³-hybridized carbons (Fsp3) is 0.742. The minimum atomic E-state index is -0.944. The van der Waals surface area contributed by atoms with Crippen molar-refractivity contribution < 1.29 is 104 Å². The van der Waals surface area contributed by atoms with Gasteiger partial charge in [-0.15, -0.1) is 0 Å². The Labute approximate surface area is 901 Å². The Balaban J connectivity index is -0.000000120. The summed E-state index contributed by atoms with van der Waals surface area (Å²) in [6, 6.07) is 10.5. The van der Waals surface area contributed by atoms with E-state index in [1.165, 1.54) is 95.1 Å². The van der Waals surface area contributed by atoms with Crippen LogP contribution in [0, 0.1) is 336 Å². The number of allylic oxidation sites excluding steroid dienone is 9. The smallest absolute Gasteiger partial charge is 0.358 e. The van der Waals surface area contributed by atoms with Crippen molar-refractivity contribution in [1.29, 1.82) is 0 Å². The molecule has 0 N–H and O–H groups in total. The maximum absolute atomic E-state index is 2.68. The van der Waals surface area contributed by atoms with E-state index < -0.39 is 8.07 Å². The minimum Gasteiger partial charge on any atom is -0.358 e. The first-order chi connectivity index (χ1) is 50.8. The Morgan fingerprint density at radius 3 is 1.09 bits per heavy atom. The molecule has 15 aliphatic carbocycles. The van der Waals surface area contributed by atoms with E-state index in [-0.39, 0.29) is 223 Å². The summed E-state index contributed by atoms with van der Waals surface area (Å²) in [5.41, 5.74) is 11.3. The predicted octanol–water partition coefficient (Wildman–Crippen LogP) is 40.4. The maximum Gasteiger partial charge on any atom is 4.00 e. The summed E-state index contributed by atoms with van der Waals surface area (Å²) in [7, 11) is -0.944. The van der Waals surface area contributed by atoms with Crippen molar-refractivity contribution in [2.45, 2.75) is 368 Å². The molecule has 14 unspecified atom stereocenters. The van der Waals surface area contributed by atoms with Gasteiger partial charge in [0.1, 0.15) is 0 Å². The van der Waals surface area contributed by atoms with Gasteiger partial charge in [-0.2, -0.15) is 0 Å². The molecule has 1 aromatic carbocycles. The van der Waals surface area contributed by atoms with E-state index in [1.54, 1.807) is 72.8 Å². The van der Waals surface area contributed by atoms with Crippen molar-refractivity contribution in [3.05, 3.63) is 207 Å². The molecule has 12 saturated carbocycles. The number of hydrogen-bond acceptors (Lipinski definition) is 0. The largest absolute Gasteiger partial charge is 4.00 e. The van der Waals surface area contributed by atoms with Gasteiger partial charge < -0.3 is 119 Å². The second kappa shape index (κ2) is 66.5. The van der Waals surface area contributed by atoms with Crippen LogP contribution in [0.15, 0.2) is 76.9 Å². The predicted molar refractivity (Wildman–Crippen MR) is 590 cm³/mol. The molecular weight excluding hydrogens is 2060 g/mol. The zero-order chi connectivity index (χ0) is 80.6. The molecule has 129 heavy (non-hydrogen) atoms. The molecule has 0 aromatic heterocycles. The molecular formula is C124H234Hf2SiZr2. The molecule has 0 nitrogen and oxygen atoms in total. The average Bonchev–Trinajstić information content (AvgIpc) is 1.72. The quantitative estimate of drug-likeness (QED) is 0.204. The van der Waals surface area contributed by atoms with Gasteiger partial charge in [-0.05, 0) is 366 Å². The zero-order valence-electron chi connectivity index (χ0n) is 96.8. The van der Waals surface area contributed by atoms with Gasteiger partial charge >= 0.3 is 104 Å². The third kappa shape index (κ3) is 38.4. The standard InChI is InChI=1S/C18H28.C17H24Si.C17H30.C16H24.4C10H20.16CH3.2Hf.2Zr/c1-12-6-7-13-10-15-16(11-14(12)13)18(4,5)9-8-17(15,2)3;1-18(2,3)12-15-11-10-14-9-8-13-6-4-5-7-16(13)17(14)15;1-17(2,3)11-15-8-7-14-9-12-5-4-6-13(12)10-16(14)15;1-11(2)8-14-6-7-15-9-12-4-3-5-13(12)10-16(14)15;4*1-6-7(2)9(4)10(5)8(6)3;;;;;;;;;;;;;;;;;;;;/h10-14H,6-9H2,1-5H3;4-9,14-15,17H,10-12H2,1-3H3;12-16H,4-11H2,1-3H3;9-11,14-16H,3-8H2,1-2H3;4*6-10H,1-5H3;16*1H3;;;;/q;;;;;;;;16*-1;4*+4. The van der Waals surface area contributed by atoms with E-state index in [2.05, 4.69) is 288 Å². The van der Waals surface area contributed by atoms with Crippen molar-refractivity contribution in [2.75, 3.05) is 0 Å². The molecule has 1 aromatic rings. The molecule has 0 saturated heterocycles. The maximum atomic E-state index is 2.68. The summed E-state index contributed by atoms with van der Waals surface area (Å²) >= 11 is 0. The minimum absolute atomic E-state index is 0. The van der Waals surface area contributed by atoms with Crippen LogP contribution in [0.25, 0.3) is 6.08 Å². The third-order valence-electron chi connectivity index (χ3n) is 37.9. The zero-order valence-corrected chi connectivity index (χ0v) is 110. The summed E-state index contributed by atoms with van der Waals surface area (Å²) in [6.45, 7) is 79.8. The van der Waals surface area contributed by atoms with Crippen LogP contribution in [0.2, 0.25) is 25.7 Å². The van der Waals surface area contributed by atoms with Crippen LogP contribution in [-0.4, -0.2) is 8.07 Å². The van der Waals surface area contributed by atoms with Crippen LogP contribution < -0.4 is 0 Å². The number of rotatable bonds is 5. The van der Waals surface area contributed by atoms with Crippen LogP contribution in [0.5, 0.6) is 0 Å². The van der Waals surface area contributed by atoms with Gasteiger partial charge in [0.15, 0.2) is 0 Å². The van der Waals surface area contributed by atoms with Crippen LogP contribution in [-0.2, 0) is 104 Å². The van der Waals surface area contributed by atoms with Crippen molar-refractivity contribution in [2.24, 2.45) is 217 Å². The van der Waals surface area contributed by atoms with E-state index in [4.69, 9.17) is 0 Å². The Hall–Kier alpha value is 1.64. The van der Waals surface area contributed by atoms with Gasteiger partial charge in [-0.3, -0.25) is 0 Å². The third-order valence-corrected chi connectivity index (χ3v) is 39.7. The van der Waals surface area contributed by atoms with Gasteiger partial charge in [-0.25, -0.2) is 0 Å². The van der Waals surface area contributed by atoms with E-state index in [0.29, 0.717) is 16.2 Å². The van der Waals surface area contributed by atoms with Crippen molar-refractivity contribution >= 4 is 14.1 Å². The Bertz CT molecular complexity index is 2880. The topological polar surface area (TPSA) is 0 Å². The normalized spacial score (nSPS) is 37.7. The Kier molecular flexibility index (Phi) is 80.4. The Morgan fingerprint density at radius 1 is 0.364 bits per heavy atom. The van der Waals surface area contributed by atoms with E-state index in [1.807, 2.05) is 0 Å². The second-order valence-corrected chi connectivity index (χ2v) is 53.1.